The SMILES string of the molecule is Cc1ccoc1C(O)Cc1ccc(I)cc1. The number of furan rings is 1. The second kappa shape index (κ2) is 5.01. The standard InChI is InChI=1S/C13H13IO2/c1-9-6-7-16-13(9)12(15)8-10-2-4-11(14)5-3-10/h2-7,12,15H,8H2,1H3. The van der Waals surface area contributed by atoms with Crippen LogP contribution in [0.2, 0.25) is 0 Å². The predicted molar refractivity (Wildman–Crippen MR) is 71.3 cm³/mol. The molecule has 0 radical (unpaired) electrons. The van der Waals surface area contributed by atoms with Crippen molar-refractivity contribution < 1.29 is 9.52 Å². The Morgan fingerprint density at radius 3 is 2.50 bits per heavy atom. The average molecular weight is 328 g/mol. The summed E-state index contributed by atoms with van der Waals surface area (Å²) >= 11 is 2.27. The van der Waals surface area contributed by atoms with Crippen molar-refractivity contribution >= 4 is 22.6 Å². The summed E-state index contributed by atoms with van der Waals surface area (Å²) in [6, 6.07) is 10.0. The number of hydrogen-bond acceptors (Lipinski definition) is 2. The highest BCUT2D eigenvalue weighted by atomic mass is 127. The van der Waals surface area contributed by atoms with Crippen molar-refractivity contribution in [1.82, 2.24) is 0 Å². The molecular weight excluding hydrogens is 315 g/mol. The molecule has 3 heteroatoms. The van der Waals surface area contributed by atoms with E-state index in [-0.39, 0.29) is 0 Å². The zero-order valence-electron chi connectivity index (χ0n) is 8.98. The zero-order valence-corrected chi connectivity index (χ0v) is 11.1. The topological polar surface area (TPSA) is 33.4 Å². The fraction of sp³-hybridized carbons (Fsp3) is 0.231. The third kappa shape index (κ3) is 2.65. The van der Waals surface area contributed by atoms with E-state index in [2.05, 4.69) is 22.6 Å². The minimum atomic E-state index is -0.560. The molecule has 0 aliphatic rings. The molecule has 0 amide bonds. The van der Waals surface area contributed by atoms with E-state index in [4.69, 9.17) is 4.42 Å². The Bertz CT molecular complexity index is 459. The Hall–Kier alpha value is -0.810. The van der Waals surface area contributed by atoms with E-state index < -0.39 is 6.10 Å². The highest BCUT2D eigenvalue weighted by molar-refractivity contribution is 14.1. The third-order valence-corrected chi connectivity index (χ3v) is 3.27. The van der Waals surface area contributed by atoms with Crippen LogP contribution < -0.4 is 0 Å². The molecule has 1 unspecified atom stereocenters. The van der Waals surface area contributed by atoms with Crippen LogP contribution in [0.1, 0.15) is 23.0 Å². The smallest absolute Gasteiger partial charge is 0.135 e. The van der Waals surface area contributed by atoms with E-state index in [9.17, 15) is 5.11 Å². The highest BCUT2D eigenvalue weighted by Gasteiger charge is 2.14. The molecule has 0 saturated heterocycles. The first-order chi connectivity index (χ1) is 7.66. The molecule has 1 aromatic carbocycles. The summed E-state index contributed by atoms with van der Waals surface area (Å²) < 4.78 is 6.47. The predicted octanol–water partition coefficient (Wildman–Crippen LogP) is 3.47. The van der Waals surface area contributed by atoms with Gasteiger partial charge in [0.25, 0.3) is 0 Å². The van der Waals surface area contributed by atoms with Crippen molar-refractivity contribution in [2.24, 2.45) is 0 Å². The van der Waals surface area contributed by atoms with Crippen molar-refractivity contribution in [3.8, 4) is 0 Å². The quantitative estimate of drug-likeness (QED) is 0.876. The molecule has 2 nitrogen and oxygen atoms in total. The molecule has 0 spiro atoms. The molecule has 84 valence electrons. The number of benzene rings is 1. The Morgan fingerprint density at radius 1 is 1.25 bits per heavy atom. The summed E-state index contributed by atoms with van der Waals surface area (Å²) in [5, 5.41) is 10.0. The van der Waals surface area contributed by atoms with Crippen molar-refractivity contribution in [3.63, 3.8) is 0 Å². The van der Waals surface area contributed by atoms with Gasteiger partial charge in [-0.3, -0.25) is 0 Å². The third-order valence-electron chi connectivity index (χ3n) is 2.55. The molecule has 1 aromatic heterocycles. The first kappa shape index (κ1) is 11.7. The Kier molecular flexibility index (Phi) is 3.66. The van der Waals surface area contributed by atoms with Gasteiger partial charge in [-0.1, -0.05) is 12.1 Å². The number of aliphatic hydroxyl groups is 1. The highest BCUT2D eigenvalue weighted by Crippen LogP contribution is 2.22. The molecule has 2 rings (SSSR count). The maximum absolute atomic E-state index is 10.0. The summed E-state index contributed by atoms with van der Waals surface area (Å²) in [5.41, 5.74) is 2.11. The van der Waals surface area contributed by atoms with Crippen LogP contribution in [0.4, 0.5) is 0 Å². The first-order valence-corrected chi connectivity index (χ1v) is 6.21. The molecule has 0 aliphatic heterocycles. The van der Waals surface area contributed by atoms with Crippen molar-refractivity contribution in [2.75, 3.05) is 0 Å². The van der Waals surface area contributed by atoms with Crippen LogP contribution >= 0.6 is 22.6 Å². The Balaban J connectivity index is 2.10. The second-order valence-electron chi connectivity index (χ2n) is 3.81. The second-order valence-corrected chi connectivity index (χ2v) is 5.06. The summed E-state index contributed by atoms with van der Waals surface area (Å²) in [4.78, 5) is 0. The molecular formula is C13H13IO2. The van der Waals surface area contributed by atoms with Gasteiger partial charge in [0, 0.05) is 9.99 Å². The van der Waals surface area contributed by atoms with Crippen LogP contribution in [-0.4, -0.2) is 5.11 Å². The van der Waals surface area contributed by atoms with E-state index in [1.807, 2.05) is 37.3 Å². The fourth-order valence-corrected chi connectivity index (χ4v) is 2.02. The van der Waals surface area contributed by atoms with Crippen LogP contribution in [0.25, 0.3) is 0 Å². The van der Waals surface area contributed by atoms with E-state index >= 15 is 0 Å². The van der Waals surface area contributed by atoms with Crippen LogP contribution in [0.5, 0.6) is 0 Å². The van der Waals surface area contributed by atoms with Crippen molar-refractivity contribution in [2.45, 2.75) is 19.4 Å². The monoisotopic (exact) mass is 328 g/mol. The molecule has 1 heterocycles. The van der Waals surface area contributed by atoms with Gasteiger partial charge < -0.3 is 9.52 Å². The Labute approximate surface area is 108 Å². The molecule has 2 aromatic rings. The van der Waals surface area contributed by atoms with Crippen LogP contribution in [0, 0.1) is 10.5 Å². The maximum atomic E-state index is 10.0. The largest absolute Gasteiger partial charge is 0.466 e. The van der Waals surface area contributed by atoms with Crippen LogP contribution in [-0.2, 0) is 6.42 Å². The summed E-state index contributed by atoms with van der Waals surface area (Å²) in [7, 11) is 0. The van der Waals surface area contributed by atoms with Gasteiger partial charge in [0.05, 0.1) is 6.26 Å². The first-order valence-electron chi connectivity index (χ1n) is 5.13. The lowest BCUT2D eigenvalue weighted by Gasteiger charge is -2.09. The van der Waals surface area contributed by atoms with Gasteiger partial charge in [0.2, 0.25) is 0 Å². The zero-order chi connectivity index (χ0) is 11.5. The minimum absolute atomic E-state index is 0.560. The molecule has 0 saturated carbocycles. The van der Waals surface area contributed by atoms with E-state index in [0.29, 0.717) is 12.2 Å². The van der Waals surface area contributed by atoms with Gasteiger partial charge in [-0.25, -0.2) is 0 Å². The van der Waals surface area contributed by atoms with Gasteiger partial charge in [-0.15, -0.1) is 0 Å². The average Bonchev–Trinajstić information content (AvgIpc) is 2.68. The molecule has 0 aliphatic carbocycles. The number of hydrogen-bond donors (Lipinski definition) is 1. The van der Waals surface area contributed by atoms with Gasteiger partial charge in [-0.05, 0) is 58.8 Å². The van der Waals surface area contributed by atoms with Gasteiger partial charge in [-0.2, -0.15) is 0 Å². The lowest BCUT2D eigenvalue weighted by atomic mass is 10.0. The van der Waals surface area contributed by atoms with Crippen molar-refractivity contribution in [3.05, 3.63) is 57.1 Å². The van der Waals surface area contributed by atoms with Crippen LogP contribution in [0.15, 0.2) is 41.0 Å². The number of halogens is 1. The maximum Gasteiger partial charge on any atom is 0.135 e. The summed E-state index contributed by atoms with van der Waals surface area (Å²) in [5.74, 6) is 0.665. The number of aryl methyl sites for hydroxylation is 1. The summed E-state index contributed by atoms with van der Waals surface area (Å²) in [6.45, 7) is 1.94. The normalized spacial score (nSPS) is 12.7. The van der Waals surface area contributed by atoms with E-state index in [1.54, 1.807) is 6.26 Å². The molecule has 1 atom stereocenters. The number of rotatable bonds is 3. The lowest BCUT2D eigenvalue weighted by molar-refractivity contribution is 0.149. The molecule has 1 N–H and O–H groups in total. The molecule has 16 heavy (non-hydrogen) atoms. The lowest BCUT2D eigenvalue weighted by Crippen LogP contribution is -2.01. The summed E-state index contributed by atoms with van der Waals surface area (Å²) in [6.07, 6.45) is 1.64. The molecule has 0 fully saturated rings. The minimum Gasteiger partial charge on any atom is -0.466 e. The van der Waals surface area contributed by atoms with Gasteiger partial charge in [0.15, 0.2) is 0 Å². The molecule has 0 bridgehead atoms. The fourth-order valence-electron chi connectivity index (χ4n) is 1.66. The van der Waals surface area contributed by atoms with E-state index in [0.717, 1.165) is 11.1 Å². The number of aliphatic hydroxyl groups excluding tert-OH is 1. The Morgan fingerprint density at radius 2 is 1.94 bits per heavy atom. The van der Waals surface area contributed by atoms with Gasteiger partial charge in [0.1, 0.15) is 11.9 Å². The van der Waals surface area contributed by atoms with E-state index in [1.165, 1.54) is 3.57 Å². The van der Waals surface area contributed by atoms with Crippen molar-refractivity contribution in [1.29, 1.82) is 0 Å². The van der Waals surface area contributed by atoms with Gasteiger partial charge >= 0.3 is 0 Å². The van der Waals surface area contributed by atoms with Crippen LogP contribution in [0.3, 0.4) is 0 Å².